The minimum Gasteiger partial charge on any atom is -0.478 e. The number of benzene rings is 1. The number of oxazole rings is 1. The number of carbonyl (C=O) groups is 2. The Morgan fingerprint density at radius 1 is 1.07 bits per heavy atom. The van der Waals surface area contributed by atoms with Crippen LogP contribution in [0.3, 0.4) is 0 Å². The Morgan fingerprint density at radius 2 is 1.83 bits per heavy atom. The second-order valence-electron chi connectivity index (χ2n) is 10.2. The fraction of sp³-hybridized carbons (Fsp3) is 0.290. The van der Waals surface area contributed by atoms with Crippen molar-refractivity contribution in [3.8, 4) is 11.1 Å². The fourth-order valence-electron chi connectivity index (χ4n) is 5.25. The van der Waals surface area contributed by atoms with E-state index < -0.39 is 11.9 Å². The molecule has 3 aromatic rings. The molecule has 0 spiro atoms. The zero-order chi connectivity index (χ0) is 29.5. The maximum atomic E-state index is 9.55. The average Bonchev–Trinajstić information content (AvgIpc) is 3.71. The summed E-state index contributed by atoms with van der Waals surface area (Å²) in [5.41, 5.74) is 6.10. The van der Waals surface area contributed by atoms with Gasteiger partial charge in [-0.15, -0.1) is 0 Å². The number of aryl methyl sites for hydroxylation is 1. The highest BCUT2D eigenvalue weighted by Crippen LogP contribution is 2.27. The molecule has 1 aromatic carbocycles. The van der Waals surface area contributed by atoms with Crippen LogP contribution in [0, 0.1) is 6.92 Å². The number of carboxylic acids is 2. The van der Waals surface area contributed by atoms with Crippen LogP contribution in [0.5, 0.6) is 0 Å². The van der Waals surface area contributed by atoms with E-state index in [1.165, 1.54) is 16.8 Å². The van der Waals surface area contributed by atoms with Gasteiger partial charge in [0.15, 0.2) is 5.89 Å². The van der Waals surface area contributed by atoms with Gasteiger partial charge in [0.2, 0.25) is 5.95 Å². The first kappa shape index (κ1) is 28.6. The number of para-hydroxylation sites is 2. The van der Waals surface area contributed by atoms with Gasteiger partial charge in [-0.3, -0.25) is 0 Å². The molecule has 11 nitrogen and oxygen atoms in total. The van der Waals surface area contributed by atoms with Crippen LogP contribution in [0.25, 0.3) is 22.2 Å². The smallest absolute Gasteiger partial charge is 0.328 e. The van der Waals surface area contributed by atoms with Crippen LogP contribution in [-0.4, -0.2) is 72.2 Å². The predicted molar refractivity (Wildman–Crippen MR) is 159 cm³/mol. The summed E-state index contributed by atoms with van der Waals surface area (Å²) >= 11 is 0. The van der Waals surface area contributed by atoms with E-state index in [0.717, 1.165) is 61.6 Å². The molecule has 1 aliphatic carbocycles. The molecule has 1 fully saturated rings. The summed E-state index contributed by atoms with van der Waals surface area (Å²) in [4.78, 5) is 34.3. The third-order valence-corrected chi connectivity index (χ3v) is 7.30. The van der Waals surface area contributed by atoms with Crippen LogP contribution >= 0.6 is 0 Å². The summed E-state index contributed by atoms with van der Waals surface area (Å²) in [7, 11) is 0. The van der Waals surface area contributed by atoms with Crippen molar-refractivity contribution in [2.45, 2.75) is 38.8 Å². The quantitative estimate of drug-likeness (QED) is 0.186. The molecule has 1 saturated heterocycles. The molecule has 0 radical (unpaired) electrons. The molecule has 218 valence electrons. The van der Waals surface area contributed by atoms with E-state index in [1.54, 1.807) is 6.20 Å². The van der Waals surface area contributed by atoms with Crippen molar-refractivity contribution in [2.24, 2.45) is 0 Å². The lowest BCUT2D eigenvalue weighted by molar-refractivity contribution is -0.134. The van der Waals surface area contributed by atoms with Crippen LogP contribution in [0.15, 0.2) is 77.5 Å². The van der Waals surface area contributed by atoms with E-state index in [2.05, 4.69) is 73.4 Å². The summed E-state index contributed by atoms with van der Waals surface area (Å²) in [6.45, 7) is 5.76. The molecule has 2 aliphatic heterocycles. The van der Waals surface area contributed by atoms with Crippen molar-refractivity contribution < 1.29 is 24.2 Å². The lowest BCUT2D eigenvalue weighted by Gasteiger charge is -2.32. The maximum absolute atomic E-state index is 9.55. The number of hydrogen-bond acceptors (Lipinski definition) is 7. The van der Waals surface area contributed by atoms with E-state index in [4.69, 9.17) is 19.6 Å². The van der Waals surface area contributed by atoms with Gasteiger partial charge >= 0.3 is 11.9 Å². The van der Waals surface area contributed by atoms with Gasteiger partial charge in [-0.05, 0) is 36.6 Å². The Kier molecular flexibility index (Phi) is 8.98. The molecule has 42 heavy (non-hydrogen) atoms. The van der Waals surface area contributed by atoms with Gasteiger partial charge in [-0.25, -0.2) is 19.6 Å². The molecule has 4 heterocycles. The second kappa shape index (κ2) is 13.2. The number of pyridine rings is 1. The van der Waals surface area contributed by atoms with E-state index in [9.17, 15) is 9.59 Å². The van der Waals surface area contributed by atoms with Gasteiger partial charge < -0.3 is 34.4 Å². The number of aromatic nitrogens is 4. The molecule has 0 saturated carbocycles. The lowest BCUT2D eigenvalue weighted by Crippen LogP contribution is -2.40. The first-order chi connectivity index (χ1) is 20.4. The van der Waals surface area contributed by atoms with Gasteiger partial charge in [0.25, 0.3) is 0 Å². The molecule has 0 unspecified atom stereocenters. The van der Waals surface area contributed by atoms with Gasteiger partial charge in [0.1, 0.15) is 5.76 Å². The fourth-order valence-corrected chi connectivity index (χ4v) is 5.25. The minimum atomic E-state index is -1.26. The Bertz CT molecular complexity index is 1630. The maximum Gasteiger partial charge on any atom is 0.328 e. The number of anilines is 1. The zero-order valence-corrected chi connectivity index (χ0v) is 23.4. The molecule has 0 bridgehead atoms. The Morgan fingerprint density at radius 3 is 2.55 bits per heavy atom. The summed E-state index contributed by atoms with van der Waals surface area (Å²) in [5, 5.41) is 19.4. The summed E-state index contributed by atoms with van der Waals surface area (Å²) in [6.07, 6.45) is 8.24. The van der Waals surface area contributed by atoms with Crippen LogP contribution in [0.4, 0.5) is 5.95 Å². The van der Waals surface area contributed by atoms with Gasteiger partial charge in [0, 0.05) is 68.6 Å². The Balaban J connectivity index is 0.000000390. The minimum absolute atomic E-state index is 0.411. The first-order valence-electron chi connectivity index (χ1n) is 13.9. The van der Waals surface area contributed by atoms with Gasteiger partial charge in [-0.2, -0.15) is 0 Å². The topological polar surface area (TPSA) is 150 Å². The molecule has 4 N–H and O–H groups in total. The molecule has 11 heteroatoms. The van der Waals surface area contributed by atoms with E-state index in [1.807, 2.05) is 13.0 Å². The molecular weight excluding hydrogens is 536 g/mol. The van der Waals surface area contributed by atoms with Crippen molar-refractivity contribution in [1.29, 1.82) is 0 Å². The number of aromatic amines is 1. The Labute approximate surface area is 242 Å². The third kappa shape index (κ3) is 7.24. The second-order valence-corrected chi connectivity index (χ2v) is 10.2. The highest BCUT2D eigenvalue weighted by atomic mass is 16.4. The van der Waals surface area contributed by atoms with Gasteiger partial charge in [0.05, 0.1) is 23.8 Å². The summed E-state index contributed by atoms with van der Waals surface area (Å²) in [5.74, 6) is -0.0744. The average molecular weight is 571 g/mol. The van der Waals surface area contributed by atoms with Gasteiger partial charge in [-0.1, -0.05) is 30.3 Å². The van der Waals surface area contributed by atoms with Crippen molar-refractivity contribution in [1.82, 2.24) is 24.4 Å². The van der Waals surface area contributed by atoms with Crippen molar-refractivity contribution in [3.63, 3.8) is 0 Å². The lowest BCUT2D eigenvalue weighted by atomic mass is 10.0. The van der Waals surface area contributed by atoms with Crippen LogP contribution < -0.4 is 5.32 Å². The van der Waals surface area contributed by atoms with Crippen LogP contribution in [-0.2, 0) is 22.6 Å². The van der Waals surface area contributed by atoms with E-state index in [0.29, 0.717) is 30.6 Å². The standard InChI is InChI=1S/C27H30N6O.C4H4O4/c1-19-29-17-22(34-19)18-33-26-8-3-2-7-25(26)31-27(33)30-21-10-14-32(15-11-21)16-12-24-23-6-4-5-20(23)9-13-28-24;5-3(6)1-2-4(7)8/h2-9,13,17,21,28H,10-12,14-16,18H2,1H3,(H,30,31);1-2H,(H,5,6)(H,7,8)/b;2-1+. The largest absolute Gasteiger partial charge is 0.478 e. The number of aliphatic carboxylic acids is 2. The molecule has 0 amide bonds. The third-order valence-electron chi connectivity index (χ3n) is 7.30. The molecule has 0 atom stereocenters. The monoisotopic (exact) mass is 570 g/mol. The predicted octanol–water partition coefficient (Wildman–Crippen LogP) is 4.64. The normalized spacial score (nSPS) is 14.3. The number of nitrogens with zero attached hydrogens (tertiary/aromatic N) is 4. The van der Waals surface area contributed by atoms with Crippen LogP contribution in [0.1, 0.15) is 30.2 Å². The molecule has 3 aliphatic rings. The number of hydrogen-bond donors (Lipinski definition) is 4. The number of imidazole rings is 1. The highest BCUT2D eigenvalue weighted by molar-refractivity contribution is 5.89. The SMILES string of the molecule is Cc1ncc(Cn2c(NC3CCN(CCc4[nH]ccc5cccc4-5)CC3)nc3ccccc32)o1.O=C(O)/C=C/C(=O)O. The number of piperidine rings is 1. The zero-order valence-electron chi connectivity index (χ0n) is 23.4. The Hall–Kier alpha value is -4.90. The highest BCUT2D eigenvalue weighted by Gasteiger charge is 2.22. The molecular formula is C31H34N6O5. The number of H-pyrrole nitrogens is 1. The number of rotatable bonds is 9. The number of likely N-dealkylation sites (tertiary alicyclic amines) is 1. The van der Waals surface area contributed by atoms with Crippen LogP contribution in [0.2, 0.25) is 0 Å². The molecule has 6 rings (SSSR count). The number of nitrogens with one attached hydrogen (secondary N) is 2. The summed E-state index contributed by atoms with van der Waals surface area (Å²) < 4.78 is 7.96. The van der Waals surface area contributed by atoms with Crippen molar-refractivity contribution in [3.05, 3.63) is 90.4 Å². The first-order valence-corrected chi connectivity index (χ1v) is 13.9. The van der Waals surface area contributed by atoms with E-state index in [-0.39, 0.29) is 0 Å². The molecule has 2 aromatic heterocycles. The van der Waals surface area contributed by atoms with Crippen molar-refractivity contribution >= 4 is 28.9 Å². The van der Waals surface area contributed by atoms with E-state index >= 15 is 0 Å². The summed E-state index contributed by atoms with van der Waals surface area (Å²) in [6, 6.07) is 17.4. The number of fused-ring (bicyclic) bond motifs is 2. The van der Waals surface area contributed by atoms with Crippen molar-refractivity contribution in [2.75, 3.05) is 25.0 Å². The number of carboxylic acid groups (broad SMARTS) is 2.